The zero-order valence-electron chi connectivity index (χ0n) is 9.73. The normalized spacial score (nSPS) is 13.1. The maximum Gasteiger partial charge on any atom is 0.0596 e. The van der Waals surface area contributed by atoms with E-state index >= 15 is 0 Å². The minimum absolute atomic E-state index is 0.277. The van der Waals surface area contributed by atoms with Gasteiger partial charge in [-0.05, 0) is 31.6 Å². The third kappa shape index (κ3) is 3.87. The summed E-state index contributed by atoms with van der Waals surface area (Å²) in [5.41, 5.74) is 2.37. The number of nitrogens with zero attached hydrogens (tertiary/aromatic N) is 2. The molecule has 1 N–H and O–H groups in total. The Labute approximate surface area is 95.9 Å². The molecule has 1 heterocycles. The molecule has 0 saturated heterocycles. The number of rotatable bonds is 6. The van der Waals surface area contributed by atoms with Gasteiger partial charge in [-0.3, -0.25) is 4.68 Å². The minimum atomic E-state index is 0.277. The van der Waals surface area contributed by atoms with Crippen molar-refractivity contribution in [1.82, 2.24) is 9.78 Å². The van der Waals surface area contributed by atoms with E-state index in [0.29, 0.717) is 5.92 Å². The fraction of sp³-hybridized carbons (Fsp3) is 0.727. The van der Waals surface area contributed by atoms with Crippen molar-refractivity contribution in [3.8, 4) is 0 Å². The number of aryl methyl sites for hydroxylation is 2. The third-order valence-corrected chi connectivity index (χ3v) is 3.55. The van der Waals surface area contributed by atoms with Crippen molar-refractivity contribution in [3.63, 3.8) is 0 Å². The first-order valence-corrected chi connectivity index (χ1v) is 6.54. The molecule has 1 atom stereocenters. The number of thioether (sulfide) groups is 1. The average molecular weight is 228 g/mol. The van der Waals surface area contributed by atoms with Crippen molar-refractivity contribution in [1.29, 1.82) is 0 Å². The zero-order valence-corrected chi connectivity index (χ0v) is 10.5. The van der Waals surface area contributed by atoms with E-state index in [1.807, 2.05) is 23.4 Å². The molecule has 0 amide bonds. The predicted octanol–water partition coefficient (Wildman–Crippen LogP) is 2.07. The van der Waals surface area contributed by atoms with E-state index < -0.39 is 0 Å². The van der Waals surface area contributed by atoms with Gasteiger partial charge in [-0.2, -0.15) is 16.9 Å². The first kappa shape index (κ1) is 12.6. The molecule has 0 saturated carbocycles. The summed E-state index contributed by atoms with van der Waals surface area (Å²) in [6.45, 7) is 7.40. The molecule has 0 aliphatic carbocycles. The van der Waals surface area contributed by atoms with Gasteiger partial charge in [0.1, 0.15) is 0 Å². The van der Waals surface area contributed by atoms with Gasteiger partial charge in [0, 0.05) is 24.6 Å². The number of hydrogen-bond donors (Lipinski definition) is 1. The Hall–Kier alpha value is -0.480. The highest BCUT2D eigenvalue weighted by molar-refractivity contribution is 7.98. The molecular weight excluding hydrogens is 208 g/mol. The van der Waals surface area contributed by atoms with Gasteiger partial charge in [0.05, 0.1) is 5.69 Å². The Kier molecular flexibility index (Phi) is 5.19. The Morgan fingerprint density at radius 1 is 1.60 bits per heavy atom. The number of hydrogen-bond acceptors (Lipinski definition) is 3. The van der Waals surface area contributed by atoms with Crippen molar-refractivity contribution in [2.45, 2.75) is 33.1 Å². The Morgan fingerprint density at radius 2 is 2.33 bits per heavy atom. The van der Waals surface area contributed by atoms with Gasteiger partial charge in [-0.1, -0.05) is 6.92 Å². The summed E-state index contributed by atoms with van der Waals surface area (Å²) in [4.78, 5) is 0. The topological polar surface area (TPSA) is 38.0 Å². The third-order valence-electron chi connectivity index (χ3n) is 2.25. The molecule has 0 radical (unpaired) electrons. The van der Waals surface area contributed by atoms with E-state index in [2.05, 4.69) is 25.0 Å². The van der Waals surface area contributed by atoms with Crippen LogP contribution in [0.15, 0.2) is 6.07 Å². The maximum atomic E-state index is 8.91. The lowest BCUT2D eigenvalue weighted by molar-refractivity contribution is 0.250. The molecule has 86 valence electrons. The summed E-state index contributed by atoms with van der Waals surface area (Å²) in [7, 11) is 0. The van der Waals surface area contributed by atoms with Crippen LogP contribution < -0.4 is 0 Å². The Morgan fingerprint density at radius 3 is 2.93 bits per heavy atom. The average Bonchev–Trinajstić information content (AvgIpc) is 2.58. The number of aliphatic hydroxyl groups is 1. The van der Waals surface area contributed by atoms with E-state index in [4.69, 9.17) is 5.11 Å². The molecule has 0 aromatic carbocycles. The summed E-state index contributed by atoms with van der Waals surface area (Å²) < 4.78 is 2.05. The molecule has 1 unspecified atom stereocenters. The molecule has 1 aromatic heterocycles. The molecule has 0 bridgehead atoms. The van der Waals surface area contributed by atoms with Crippen LogP contribution in [-0.4, -0.2) is 27.2 Å². The van der Waals surface area contributed by atoms with E-state index in [0.717, 1.165) is 23.7 Å². The van der Waals surface area contributed by atoms with Gasteiger partial charge in [0.2, 0.25) is 0 Å². The molecule has 3 nitrogen and oxygen atoms in total. The lowest BCUT2D eigenvalue weighted by Crippen LogP contribution is -2.05. The van der Waals surface area contributed by atoms with Crippen LogP contribution in [0.2, 0.25) is 0 Å². The van der Waals surface area contributed by atoms with Crippen molar-refractivity contribution in [3.05, 3.63) is 17.5 Å². The standard InChI is InChI=1S/C11H20N2OS/c1-4-13-11(5-10(3)12-13)8-15-7-9(2)6-14/h5,9,14H,4,6-8H2,1-3H3. The SMILES string of the molecule is CCn1nc(C)cc1CSCC(C)CO. The van der Waals surface area contributed by atoms with Crippen LogP contribution in [0.4, 0.5) is 0 Å². The van der Waals surface area contributed by atoms with Crippen molar-refractivity contribution in [2.24, 2.45) is 5.92 Å². The van der Waals surface area contributed by atoms with Gasteiger partial charge in [0.25, 0.3) is 0 Å². The lowest BCUT2D eigenvalue weighted by atomic mass is 10.2. The van der Waals surface area contributed by atoms with Crippen LogP contribution in [0.5, 0.6) is 0 Å². The van der Waals surface area contributed by atoms with Gasteiger partial charge >= 0.3 is 0 Å². The summed E-state index contributed by atoms with van der Waals surface area (Å²) in [6.07, 6.45) is 0. The van der Waals surface area contributed by atoms with Crippen molar-refractivity contribution >= 4 is 11.8 Å². The fourth-order valence-electron chi connectivity index (χ4n) is 1.41. The van der Waals surface area contributed by atoms with Crippen LogP contribution in [0.1, 0.15) is 25.2 Å². The zero-order chi connectivity index (χ0) is 11.3. The highest BCUT2D eigenvalue weighted by atomic mass is 32.2. The lowest BCUT2D eigenvalue weighted by Gasteiger charge is -2.07. The number of aliphatic hydroxyl groups excluding tert-OH is 1. The van der Waals surface area contributed by atoms with Crippen LogP contribution in [0.25, 0.3) is 0 Å². The van der Waals surface area contributed by atoms with Crippen molar-refractivity contribution < 1.29 is 5.11 Å². The van der Waals surface area contributed by atoms with Gasteiger partial charge in [-0.25, -0.2) is 0 Å². The fourth-order valence-corrected chi connectivity index (χ4v) is 2.47. The number of aromatic nitrogens is 2. The molecule has 15 heavy (non-hydrogen) atoms. The van der Waals surface area contributed by atoms with Crippen molar-refractivity contribution in [2.75, 3.05) is 12.4 Å². The second kappa shape index (κ2) is 6.18. The van der Waals surface area contributed by atoms with E-state index in [1.54, 1.807) is 0 Å². The highest BCUT2D eigenvalue weighted by Crippen LogP contribution is 2.16. The maximum absolute atomic E-state index is 8.91. The summed E-state index contributed by atoms with van der Waals surface area (Å²) in [5, 5.41) is 13.3. The van der Waals surface area contributed by atoms with E-state index in [9.17, 15) is 0 Å². The predicted molar refractivity (Wildman–Crippen MR) is 65.0 cm³/mol. The minimum Gasteiger partial charge on any atom is -0.396 e. The molecule has 4 heteroatoms. The second-order valence-corrected chi connectivity index (χ2v) is 4.93. The molecule has 0 fully saturated rings. The van der Waals surface area contributed by atoms with Gasteiger partial charge in [-0.15, -0.1) is 0 Å². The molecule has 0 spiro atoms. The Bertz CT molecular complexity index is 299. The molecule has 1 rings (SSSR count). The Balaban J connectivity index is 2.42. The monoisotopic (exact) mass is 228 g/mol. The van der Waals surface area contributed by atoms with E-state index in [1.165, 1.54) is 5.69 Å². The smallest absolute Gasteiger partial charge is 0.0596 e. The van der Waals surface area contributed by atoms with Crippen LogP contribution in [0, 0.1) is 12.8 Å². The van der Waals surface area contributed by atoms with Gasteiger partial charge < -0.3 is 5.11 Å². The molecular formula is C11H20N2OS. The summed E-state index contributed by atoms with van der Waals surface area (Å²) >= 11 is 1.86. The van der Waals surface area contributed by atoms with E-state index in [-0.39, 0.29) is 6.61 Å². The van der Waals surface area contributed by atoms with Crippen LogP contribution in [0.3, 0.4) is 0 Å². The summed E-state index contributed by atoms with van der Waals surface area (Å²) in [6, 6.07) is 2.14. The quantitative estimate of drug-likeness (QED) is 0.810. The van der Waals surface area contributed by atoms with Gasteiger partial charge in [0.15, 0.2) is 0 Å². The second-order valence-electron chi connectivity index (χ2n) is 3.90. The van der Waals surface area contributed by atoms with Crippen LogP contribution in [-0.2, 0) is 12.3 Å². The first-order valence-electron chi connectivity index (χ1n) is 5.39. The largest absolute Gasteiger partial charge is 0.396 e. The molecule has 1 aromatic rings. The highest BCUT2D eigenvalue weighted by Gasteiger charge is 2.05. The summed E-state index contributed by atoms with van der Waals surface area (Å²) in [5.74, 6) is 2.37. The molecule has 0 aliphatic heterocycles. The first-order chi connectivity index (χ1) is 7.17. The van der Waals surface area contributed by atoms with Crippen LogP contribution >= 0.6 is 11.8 Å². The molecule has 0 aliphatic rings.